The number of nitrogens with zero attached hydrogens (tertiary/aromatic N) is 3. The van der Waals surface area contributed by atoms with Gasteiger partial charge < -0.3 is 4.74 Å². The number of benzene rings is 3. The Kier molecular flexibility index (Phi) is 6.98. The molecule has 0 unspecified atom stereocenters. The smallest absolute Gasteiger partial charge is 0.339 e. The number of anilines is 1. The van der Waals surface area contributed by atoms with Crippen LogP contribution in [0.15, 0.2) is 78.9 Å². The molecule has 190 valence electrons. The maximum absolute atomic E-state index is 13.6. The Morgan fingerprint density at radius 3 is 2.00 bits per heavy atom. The number of rotatable bonds is 8. The molecule has 4 rings (SSSR count). The minimum Gasteiger partial charge on any atom is -0.442 e. The molecular formula is C26H23N3O8. The first-order chi connectivity index (χ1) is 17.7. The van der Waals surface area contributed by atoms with Crippen molar-refractivity contribution in [1.29, 1.82) is 0 Å². The Balaban J connectivity index is 1.87. The molecule has 3 aromatic rings. The van der Waals surface area contributed by atoms with Crippen LogP contribution >= 0.6 is 0 Å². The molecule has 0 radical (unpaired) electrons. The third-order valence-electron chi connectivity index (χ3n) is 6.22. The van der Waals surface area contributed by atoms with Crippen molar-refractivity contribution in [3.05, 3.63) is 110 Å². The second kappa shape index (κ2) is 10.2. The molecule has 0 N–H and O–H groups in total. The van der Waals surface area contributed by atoms with Gasteiger partial charge in [-0.1, -0.05) is 55.5 Å². The predicted octanol–water partition coefficient (Wildman–Crippen LogP) is 4.96. The summed E-state index contributed by atoms with van der Waals surface area (Å²) < 4.78 is 5.94. The van der Waals surface area contributed by atoms with E-state index >= 15 is 0 Å². The van der Waals surface area contributed by atoms with Crippen LogP contribution in [-0.4, -0.2) is 33.3 Å². The van der Waals surface area contributed by atoms with E-state index in [4.69, 9.17) is 9.57 Å². The number of hydroxylamine groups is 1. The summed E-state index contributed by atoms with van der Waals surface area (Å²) in [6.45, 7) is 3.21. The third-order valence-corrected chi connectivity index (χ3v) is 6.22. The number of carbonyl (C=O) groups is 2. The van der Waals surface area contributed by atoms with Crippen LogP contribution in [-0.2, 0) is 14.4 Å². The molecule has 1 aliphatic rings. The van der Waals surface area contributed by atoms with E-state index in [1.807, 2.05) is 6.07 Å². The normalized spacial score (nSPS) is 20.9. The maximum atomic E-state index is 13.6. The average molecular weight is 505 g/mol. The predicted molar refractivity (Wildman–Crippen MR) is 132 cm³/mol. The molecule has 0 spiro atoms. The second-order valence-corrected chi connectivity index (χ2v) is 8.43. The van der Waals surface area contributed by atoms with Gasteiger partial charge in [-0.2, -0.15) is 0 Å². The largest absolute Gasteiger partial charge is 0.442 e. The number of nitro groups is 2. The Morgan fingerprint density at radius 2 is 1.49 bits per heavy atom. The summed E-state index contributed by atoms with van der Waals surface area (Å²) in [7, 11) is 0. The number of nitro benzene ring substituents is 2. The van der Waals surface area contributed by atoms with Gasteiger partial charge in [0.05, 0.1) is 27.2 Å². The Labute approximate surface area is 211 Å². The number of carbonyl (C=O) groups excluding carboxylic acids is 2. The van der Waals surface area contributed by atoms with Gasteiger partial charge in [-0.15, -0.1) is 0 Å². The highest BCUT2D eigenvalue weighted by atomic mass is 16.7. The summed E-state index contributed by atoms with van der Waals surface area (Å²) in [5.74, 6) is -1.57. The van der Waals surface area contributed by atoms with Gasteiger partial charge in [0, 0.05) is 18.6 Å². The quantitative estimate of drug-likeness (QED) is 0.236. The summed E-state index contributed by atoms with van der Waals surface area (Å²) in [4.78, 5) is 54.2. The fourth-order valence-corrected chi connectivity index (χ4v) is 4.50. The van der Waals surface area contributed by atoms with Gasteiger partial charge in [0.1, 0.15) is 12.1 Å². The zero-order valence-electron chi connectivity index (χ0n) is 20.0. The number of para-hydroxylation sites is 1. The van der Waals surface area contributed by atoms with Gasteiger partial charge in [-0.05, 0) is 24.6 Å². The summed E-state index contributed by atoms with van der Waals surface area (Å²) in [6, 6.07) is 19.4. The summed E-state index contributed by atoms with van der Waals surface area (Å²) in [5, 5.41) is 24.2. The van der Waals surface area contributed by atoms with Crippen LogP contribution in [0.5, 0.6) is 0 Å². The molecule has 1 aliphatic heterocycles. The van der Waals surface area contributed by atoms with E-state index in [0.29, 0.717) is 11.3 Å². The minimum atomic E-state index is -1.87. The van der Waals surface area contributed by atoms with Crippen molar-refractivity contribution in [2.24, 2.45) is 0 Å². The van der Waals surface area contributed by atoms with E-state index in [0.717, 1.165) is 18.2 Å². The lowest BCUT2D eigenvalue weighted by Gasteiger charge is -2.36. The number of hydrogen-bond acceptors (Lipinski definition) is 9. The second-order valence-electron chi connectivity index (χ2n) is 8.43. The Hall–Kier alpha value is -4.64. The first-order valence-corrected chi connectivity index (χ1v) is 11.5. The summed E-state index contributed by atoms with van der Waals surface area (Å²) in [6.07, 6.45) is -0.981. The van der Waals surface area contributed by atoms with Gasteiger partial charge in [-0.25, -0.2) is 9.86 Å². The SMILES string of the molecule is CCC(=O)[C@@]1(OC(=O)c2cc([N+](=O)[O-])cc([N+](=O)[O-])c2)[C@H](C)ON(c2ccccc2)[C@H]1c1ccccc1. The molecule has 0 saturated carbocycles. The average Bonchev–Trinajstić information content (AvgIpc) is 3.21. The highest BCUT2D eigenvalue weighted by molar-refractivity contribution is 5.97. The molecule has 0 aromatic heterocycles. The van der Waals surface area contributed by atoms with Crippen LogP contribution in [0.2, 0.25) is 0 Å². The number of Topliss-reactive ketones (excluding diaryl/α,β-unsaturated/α-hetero) is 1. The lowest BCUT2D eigenvalue weighted by atomic mass is 9.80. The van der Waals surface area contributed by atoms with Crippen LogP contribution in [0.4, 0.5) is 17.1 Å². The molecule has 37 heavy (non-hydrogen) atoms. The maximum Gasteiger partial charge on any atom is 0.339 e. The van der Waals surface area contributed by atoms with Gasteiger partial charge in [0.25, 0.3) is 11.4 Å². The van der Waals surface area contributed by atoms with Gasteiger partial charge >= 0.3 is 5.97 Å². The Bertz CT molecular complexity index is 1320. The van der Waals surface area contributed by atoms with Crippen molar-refractivity contribution >= 4 is 28.8 Å². The zero-order chi connectivity index (χ0) is 26.7. The lowest BCUT2D eigenvalue weighted by Crippen LogP contribution is -2.53. The van der Waals surface area contributed by atoms with E-state index in [-0.39, 0.29) is 6.42 Å². The molecular weight excluding hydrogens is 482 g/mol. The van der Waals surface area contributed by atoms with E-state index in [2.05, 4.69) is 0 Å². The van der Waals surface area contributed by atoms with E-state index in [1.54, 1.807) is 68.4 Å². The van der Waals surface area contributed by atoms with E-state index < -0.39 is 56.3 Å². The molecule has 1 heterocycles. The number of ketones is 1. The van der Waals surface area contributed by atoms with Crippen molar-refractivity contribution in [2.75, 3.05) is 5.06 Å². The van der Waals surface area contributed by atoms with Crippen LogP contribution in [0.1, 0.15) is 42.2 Å². The van der Waals surface area contributed by atoms with Crippen LogP contribution < -0.4 is 5.06 Å². The molecule has 0 bridgehead atoms. The summed E-state index contributed by atoms with van der Waals surface area (Å²) >= 11 is 0. The fourth-order valence-electron chi connectivity index (χ4n) is 4.50. The van der Waals surface area contributed by atoms with Gasteiger partial charge in [0.2, 0.25) is 5.60 Å². The van der Waals surface area contributed by atoms with Crippen molar-refractivity contribution in [3.63, 3.8) is 0 Å². The van der Waals surface area contributed by atoms with Crippen molar-refractivity contribution in [1.82, 2.24) is 0 Å². The fraction of sp³-hybridized carbons (Fsp3) is 0.231. The first-order valence-electron chi connectivity index (χ1n) is 11.5. The molecule has 1 saturated heterocycles. The Morgan fingerprint density at radius 1 is 0.946 bits per heavy atom. The topological polar surface area (TPSA) is 142 Å². The minimum absolute atomic E-state index is 0.0119. The monoisotopic (exact) mass is 505 g/mol. The molecule has 11 nitrogen and oxygen atoms in total. The standard InChI is InChI=1S/C26H23N3O8/c1-3-23(30)26(36-25(31)19-14-21(28(32)33)16-22(15-19)29(34)35)17(2)37-27(20-12-8-5-9-13-20)24(26)18-10-6-4-7-11-18/h4-17,24H,3H2,1-2H3/t17-,24-,26-/m0/s1. The third kappa shape index (κ3) is 4.64. The molecule has 1 fully saturated rings. The number of hydrogen-bond donors (Lipinski definition) is 0. The van der Waals surface area contributed by atoms with E-state index in [1.165, 1.54) is 5.06 Å². The molecule has 0 aliphatic carbocycles. The zero-order valence-corrected chi connectivity index (χ0v) is 20.0. The van der Waals surface area contributed by atoms with Crippen LogP contribution in [0, 0.1) is 20.2 Å². The first kappa shape index (κ1) is 25.5. The van der Waals surface area contributed by atoms with E-state index in [9.17, 15) is 29.8 Å². The van der Waals surface area contributed by atoms with Gasteiger partial charge in [0.15, 0.2) is 5.78 Å². The number of non-ortho nitro benzene ring substituents is 2. The van der Waals surface area contributed by atoms with Crippen molar-refractivity contribution in [2.45, 2.75) is 38.0 Å². The number of esters is 1. The highest BCUT2D eigenvalue weighted by Gasteiger charge is 2.62. The number of ether oxygens (including phenoxy) is 1. The van der Waals surface area contributed by atoms with Gasteiger partial charge in [-0.3, -0.25) is 29.9 Å². The van der Waals surface area contributed by atoms with Crippen LogP contribution in [0.3, 0.4) is 0 Å². The molecule has 3 atom stereocenters. The molecule has 11 heteroatoms. The molecule has 3 aromatic carbocycles. The van der Waals surface area contributed by atoms with Crippen molar-refractivity contribution in [3.8, 4) is 0 Å². The highest BCUT2D eigenvalue weighted by Crippen LogP contribution is 2.48. The van der Waals surface area contributed by atoms with Crippen molar-refractivity contribution < 1.29 is 29.0 Å². The van der Waals surface area contributed by atoms with Crippen LogP contribution in [0.25, 0.3) is 0 Å². The molecule has 0 amide bonds. The lowest BCUT2D eigenvalue weighted by molar-refractivity contribution is -0.394. The summed E-state index contributed by atoms with van der Waals surface area (Å²) in [5.41, 5.74) is -2.38.